The van der Waals surface area contributed by atoms with Gasteiger partial charge in [-0.3, -0.25) is 4.79 Å². The summed E-state index contributed by atoms with van der Waals surface area (Å²) < 4.78 is 5.33. The molecule has 0 bridgehead atoms. The SMILES string of the molecule is Cc1nc(N2CCCC2C(=O)N2CCOCC2)sc1C. The van der Waals surface area contributed by atoms with Gasteiger partial charge >= 0.3 is 0 Å². The van der Waals surface area contributed by atoms with E-state index in [9.17, 15) is 4.79 Å². The Balaban J connectivity index is 1.76. The molecule has 0 N–H and O–H groups in total. The molecule has 0 aliphatic carbocycles. The highest BCUT2D eigenvalue weighted by Gasteiger charge is 2.35. The summed E-state index contributed by atoms with van der Waals surface area (Å²) in [7, 11) is 0. The summed E-state index contributed by atoms with van der Waals surface area (Å²) in [5.74, 6) is 0.247. The maximum absolute atomic E-state index is 12.7. The van der Waals surface area contributed by atoms with Crippen LogP contribution in [-0.2, 0) is 9.53 Å². The Labute approximate surface area is 123 Å². The second kappa shape index (κ2) is 5.69. The van der Waals surface area contributed by atoms with Crippen LogP contribution < -0.4 is 4.90 Å². The number of thiazole rings is 1. The average molecular weight is 295 g/mol. The summed E-state index contributed by atoms with van der Waals surface area (Å²) in [6.07, 6.45) is 2.01. The zero-order valence-corrected chi connectivity index (χ0v) is 12.9. The quantitative estimate of drug-likeness (QED) is 0.831. The summed E-state index contributed by atoms with van der Waals surface area (Å²) in [6.45, 7) is 7.82. The van der Waals surface area contributed by atoms with Gasteiger partial charge in [0.25, 0.3) is 0 Å². The Morgan fingerprint density at radius 1 is 1.30 bits per heavy atom. The van der Waals surface area contributed by atoms with Gasteiger partial charge in [0, 0.05) is 24.5 Å². The Hall–Kier alpha value is -1.14. The number of carbonyl (C=O) groups excluding carboxylic acids is 1. The number of aromatic nitrogens is 1. The molecule has 1 atom stereocenters. The number of hydrogen-bond acceptors (Lipinski definition) is 5. The average Bonchev–Trinajstić information content (AvgIpc) is 3.06. The van der Waals surface area contributed by atoms with Gasteiger partial charge < -0.3 is 14.5 Å². The van der Waals surface area contributed by atoms with Crippen LogP contribution in [0.4, 0.5) is 5.13 Å². The third-order valence-corrected chi connectivity index (χ3v) is 5.23. The third-order valence-electron chi connectivity index (χ3n) is 4.12. The van der Waals surface area contributed by atoms with Gasteiger partial charge in [0.15, 0.2) is 5.13 Å². The van der Waals surface area contributed by atoms with Crippen molar-refractivity contribution in [3.63, 3.8) is 0 Å². The molecule has 0 aromatic carbocycles. The van der Waals surface area contributed by atoms with Crippen molar-refractivity contribution in [2.45, 2.75) is 32.7 Å². The number of rotatable bonds is 2. The largest absolute Gasteiger partial charge is 0.378 e. The van der Waals surface area contributed by atoms with Crippen LogP contribution in [0.15, 0.2) is 0 Å². The second-order valence-electron chi connectivity index (χ2n) is 5.43. The standard InChI is InChI=1S/C14H21N3O2S/c1-10-11(2)20-14(15-10)17-5-3-4-12(17)13(18)16-6-8-19-9-7-16/h12H,3-9H2,1-2H3. The van der Waals surface area contributed by atoms with Crippen molar-refractivity contribution < 1.29 is 9.53 Å². The molecule has 3 heterocycles. The van der Waals surface area contributed by atoms with E-state index in [0.717, 1.165) is 43.3 Å². The van der Waals surface area contributed by atoms with Crippen LogP contribution in [0.1, 0.15) is 23.4 Å². The monoisotopic (exact) mass is 295 g/mol. The van der Waals surface area contributed by atoms with E-state index in [2.05, 4.69) is 16.8 Å². The van der Waals surface area contributed by atoms with Gasteiger partial charge in [0.1, 0.15) is 6.04 Å². The summed E-state index contributed by atoms with van der Waals surface area (Å²) in [5.41, 5.74) is 1.08. The second-order valence-corrected chi connectivity index (χ2v) is 6.61. The summed E-state index contributed by atoms with van der Waals surface area (Å²) in [4.78, 5) is 22.7. The van der Waals surface area contributed by atoms with Crippen molar-refractivity contribution in [1.82, 2.24) is 9.88 Å². The number of hydrogen-bond donors (Lipinski definition) is 0. The Morgan fingerprint density at radius 2 is 2.05 bits per heavy atom. The smallest absolute Gasteiger partial charge is 0.245 e. The van der Waals surface area contributed by atoms with Crippen molar-refractivity contribution in [1.29, 1.82) is 0 Å². The van der Waals surface area contributed by atoms with Crippen LogP contribution in [0.25, 0.3) is 0 Å². The molecule has 20 heavy (non-hydrogen) atoms. The molecule has 1 aromatic rings. The number of ether oxygens (including phenoxy) is 1. The first-order valence-corrected chi connectivity index (χ1v) is 8.05. The molecule has 6 heteroatoms. The molecule has 0 spiro atoms. The summed E-state index contributed by atoms with van der Waals surface area (Å²) in [5, 5.41) is 1.00. The lowest BCUT2D eigenvalue weighted by Gasteiger charge is -2.32. The van der Waals surface area contributed by atoms with E-state index in [1.54, 1.807) is 11.3 Å². The van der Waals surface area contributed by atoms with Crippen molar-refractivity contribution in [2.75, 3.05) is 37.7 Å². The zero-order valence-electron chi connectivity index (χ0n) is 12.1. The van der Waals surface area contributed by atoms with Crippen LogP contribution in [0.5, 0.6) is 0 Å². The molecule has 2 aliphatic rings. The number of aryl methyl sites for hydroxylation is 2. The van der Waals surface area contributed by atoms with Crippen molar-refractivity contribution in [3.8, 4) is 0 Å². The van der Waals surface area contributed by atoms with E-state index in [-0.39, 0.29) is 11.9 Å². The first kappa shape index (κ1) is 13.8. The fourth-order valence-corrected chi connectivity index (χ4v) is 3.81. The lowest BCUT2D eigenvalue weighted by molar-refractivity contribution is -0.136. The zero-order chi connectivity index (χ0) is 14.1. The summed E-state index contributed by atoms with van der Waals surface area (Å²) >= 11 is 1.70. The van der Waals surface area contributed by atoms with Crippen LogP contribution in [0, 0.1) is 13.8 Å². The lowest BCUT2D eigenvalue weighted by atomic mass is 10.2. The van der Waals surface area contributed by atoms with Crippen LogP contribution in [-0.4, -0.2) is 54.7 Å². The van der Waals surface area contributed by atoms with Gasteiger partial charge in [-0.05, 0) is 26.7 Å². The maximum atomic E-state index is 12.7. The van der Waals surface area contributed by atoms with E-state index >= 15 is 0 Å². The fraction of sp³-hybridized carbons (Fsp3) is 0.714. The fourth-order valence-electron chi connectivity index (χ4n) is 2.83. The highest BCUT2D eigenvalue weighted by molar-refractivity contribution is 7.15. The van der Waals surface area contributed by atoms with Crippen molar-refractivity contribution >= 4 is 22.4 Å². The van der Waals surface area contributed by atoms with Crippen molar-refractivity contribution in [3.05, 3.63) is 10.6 Å². The first-order valence-electron chi connectivity index (χ1n) is 7.24. The Bertz CT molecular complexity index is 477. The molecule has 1 unspecified atom stereocenters. The topological polar surface area (TPSA) is 45.7 Å². The van der Waals surface area contributed by atoms with Crippen LogP contribution >= 0.6 is 11.3 Å². The number of anilines is 1. The maximum Gasteiger partial charge on any atom is 0.245 e. The predicted molar refractivity (Wildman–Crippen MR) is 79.4 cm³/mol. The molecular formula is C14H21N3O2S. The van der Waals surface area contributed by atoms with Crippen LogP contribution in [0.3, 0.4) is 0 Å². The van der Waals surface area contributed by atoms with Gasteiger partial charge in [-0.1, -0.05) is 0 Å². The van der Waals surface area contributed by atoms with E-state index in [4.69, 9.17) is 4.74 Å². The molecule has 5 nitrogen and oxygen atoms in total. The minimum atomic E-state index is -0.0296. The highest BCUT2D eigenvalue weighted by atomic mass is 32.1. The van der Waals surface area contributed by atoms with Gasteiger partial charge in [0.05, 0.1) is 18.9 Å². The van der Waals surface area contributed by atoms with E-state index in [1.165, 1.54) is 4.88 Å². The first-order chi connectivity index (χ1) is 9.66. The summed E-state index contributed by atoms with van der Waals surface area (Å²) in [6, 6.07) is -0.0296. The number of carbonyl (C=O) groups is 1. The van der Waals surface area contributed by atoms with E-state index in [1.807, 2.05) is 11.8 Å². The van der Waals surface area contributed by atoms with E-state index < -0.39 is 0 Å². The molecular weight excluding hydrogens is 274 g/mol. The molecule has 110 valence electrons. The molecule has 0 saturated carbocycles. The number of morpholine rings is 1. The molecule has 2 saturated heterocycles. The highest BCUT2D eigenvalue weighted by Crippen LogP contribution is 2.31. The third kappa shape index (κ3) is 2.54. The molecule has 0 radical (unpaired) electrons. The lowest BCUT2D eigenvalue weighted by Crippen LogP contribution is -2.49. The van der Waals surface area contributed by atoms with Crippen molar-refractivity contribution in [2.24, 2.45) is 0 Å². The van der Waals surface area contributed by atoms with E-state index in [0.29, 0.717) is 13.2 Å². The minimum absolute atomic E-state index is 0.0296. The Morgan fingerprint density at radius 3 is 2.70 bits per heavy atom. The van der Waals surface area contributed by atoms with Gasteiger partial charge in [-0.15, -0.1) is 11.3 Å². The molecule has 2 aliphatic heterocycles. The predicted octanol–water partition coefficient (Wildman–Crippen LogP) is 1.59. The molecule has 1 aromatic heterocycles. The van der Waals surface area contributed by atoms with Gasteiger partial charge in [-0.2, -0.15) is 0 Å². The Kier molecular flexibility index (Phi) is 3.94. The molecule has 1 amide bonds. The number of nitrogens with zero attached hydrogens (tertiary/aromatic N) is 3. The normalized spacial score (nSPS) is 23.4. The van der Waals surface area contributed by atoms with Crippen LogP contribution in [0.2, 0.25) is 0 Å². The minimum Gasteiger partial charge on any atom is -0.378 e. The van der Waals surface area contributed by atoms with Gasteiger partial charge in [-0.25, -0.2) is 4.98 Å². The number of amides is 1. The van der Waals surface area contributed by atoms with Gasteiger partial charge in [0.2, 0.25) is 5.91 Å². The molecule has 2 fully saturated rings. The molecule has 3 rings (SSSR count).